The summed E-state index contributed by atoms with van der Waals surface area (Å²) in [6.07, 6.45) is 0.0777. The van der Waals surface area contributed by atoms with Crippen LogP contribution in [0.2, 0.25) is 0 Å². The third-order valence-corrected chi connectivity index (χ3v) is 3.21. The largest absolute Gasteiger partial charge is 0.303 e. The van der Waals surface area contributed by atoms with Gasteiger partial charge in [0, 0.05) is 5.56 Å². The lowest BCUT2D eigenvalue weighted by molar-refractivity contribution is -0.320. The second-order valence-electron chi connectivity index (χ2n) is 4.91. The number of nitrogens with zero attached hydrogens (tertiary/aromatic N) is 1. The minimum absolute atomic E-state index is 0.0777. The van der Waals surface area contributed by atoms with Gasteiger partial charge in [0.05, 0.1) is 13.5 Å². The Balaban J connectivity index is 1.93. The standard InChI is InChI=1S/C17H18N2O5/c1-23-19(17(21)15-5-3-2-4-6-15)24-12-14-9-7-13(8-10-14)11-16(20)18-22/h2-10,22H,11-12H2,1H3,(H,18,20). The van der Waals surface area contributed by atoms with Gasteiger partial charge < -0.3 is 0 Å². The maximum atomic E-state index is 12.2. The Morgan fingerprint density at radius 1 is 1.04 bits per heavy atom. The van der Waals surface area contributed by atoms with Gasteiger partial charge in [0.1, 0.15) is 6.61 Å². The molecular weight excluding hydrogens is 312 g/mol. The van der Waals surface area contributed by atoms with Gasteiger partial charge in [-0.05, 0) is 23.3 Å². The fourth-order valence-electron chi connectivity index (χ4n) is 1.99. The van der Waals surface area contributed by atoms with Crippen molar-refractivity contribution in [1.82, 2.24) is 10.7 Å². The Kier molecular flexibility index (Phi) is 6.44. The van der Waals surface area contributed by atoms with Crippen molar-refractivity contribution in [3.63, 3.8) is 0 Å². The predicted molar refractivity (Wildman–Crippen MR) is 84.5 cm³/mol. The van der Waals surface area contributed by atoms with Gasteiger partial charge >= 0.3 is 5.91 Å². The number of rotatable bonds is 7. The number of hydrogen-bond acceptors (Lipinski definition) is 5. The Morgan fingerprint density at radius 2 is 1.67 bits per heavy atom. The third-order valence-electron chi connectivity index (χ3n) is 3.21. The normalized spacial score (nSPS) is 10.2. The lowest BCUT2D eigenvalue weighted by atomic mass is 10.1. The quantitative estimate of drug-likeness (QED) is 0.598. The van der Waals surface area contributed by atoms with Crippen molar-refractivity contribution in [2.75, 3.05) is 7.11 Å². The molecule has 24 heavy (non-hydrogen) atoms. The van der Waals surface area contributed by atoms with Crippen molar-refractivity contribution in [2.24, 2.45) is 0 Å². The smallest absolute Gasteiger partial charge is 0.289 e. The number of carbonyl (C=O) groups excluding carboxylic acids is 2. The molecule has 0 saturated carbocycles. The van der Waals surface area contributed by atoms with Crippen molar-refractivity contribution in [3.8, 4) is 0 Å². The maximum Gasteiger partial charge on any atom is 0.303 e. The number of nitrogens with one attached hydrogen (secondary N) is 1. The van der Waals surface area contributed by atoms with Crippen LogP contribution in [0.25, 0.3) is 0 Å². The Labute approximate surface area is 139 Å². The van der Waals surface area contributed by atoms with Crippen LogP contribution in [0, 0.1) is 0 Å². The van der Waals surface area contributed by atoms with Gasteiger partial charge in [0.15, 0.2) is 0 Å². The van der Waals surface area contributed by atoms with E-state index in [2.05, 4.69) is 0 Å². The first kappa shape index (κ1) is 17.6. The molecule has 7 nitrogen and oxygen atoms in total. The minimum Gasteiger partial charge on any atom is -0.289 e. The van der Waals surface area contributed by atoms with E-state index in [4.69, 9.17) is 14.9 Å². The molecule has 126 valence electrons. The monoisotopic (exact) mass is 330 g/mol. The molecule has 0 heterocycles. The number of carbonyl (C=O) groups is 2. The van der Waals surface area contributed by atoms with Crippen molar-refractivity contribution < 1.29 is 24.5 Å². The summed E-state index contributed by atoms with van der Waals surface area (Å²) in [6, 6.07) is 15.7. The Morgan fingerprint density at radius 3 is 2.25 bits per heavy atom. The van der Waals surface area contributed by atoms with Crippen LogP contribution < -0.4 is 5.48 Å². The zero-order valence-corrected chi connectivity index (χ0v) is 13.1. The average molecular weight is 330 g/mol. The van der Waals surface area contributed by atoms with Gasteiger partial charge in [-0.15, -0.1) is 0 Å². The Hall–Kier alpha value is -2.74. The Bertz CT molecular complexity index is 673. The summed E-state index contributed by atoms with van der Waals surface area (Å²) in [7, 11) is 1.34. The first-order valence-corrected chi connectivity index (χ1v) is 7.21. The van der Waals surface area contributed by atoms with Crippen LogP contribution in [0.3, 0.4) is 0 Å². The molecule has 2 rings (SSSR count). The molecular formula is C17H18N2O5. The number of amides is 2. The van der Waals surface area contributed by atoms with E-state index in [0.29, 0.717) is 5.56 Å². The van der Waals surface area contributed by atoms with Gasteiger partial charge in [-0.25, -0.2) is 15.2 Å². The van der Waals surface area contributed by atoms with Gasteiger partial charge in [0.25, 0.3) is 0 Å². The molecule has 0 bridgehead atoms. The zero-order valence-electron chi connectivity index (χ0n) is 13.1. The molecule has 0 aliphatic heterocycles. The summed E-state index contributed by atoms with van der Waals surface area (Å²) < 4.78 is 0. The SMILES string of the molecule is CON(OCc1ccc(CC(=O)NO)cc1)C(=O)c1ccccc1. The minimum atomic E-state index is -0.488. The van der Waals surface area contributed by atoms with Crippen LogP contribution in [-0.2, 0) is 27.5 Å². The molecule has 0 aliphatic rings. The van der Waals surface area contributed by atoms with Gasteiger partial charge in [0.2, 0.25) is 5.91 Å². The van der Waals surface area contributed by atoms with E-state index in [-0.39, 0.29) is 13.0 Å². The van der Waals surface area contributed by atoms with E-state index in [1.165, 1.54) is 7.11 Å². The lowest BCUT2D eigenvalue weighted by Crippen LogP contribution is -2.30. The second-order valence-corrected chi connectivity index (χ2v) is 4.91. The van der Waals surface area contributed by atoms with Crippen LogP contribution in [0.1, 0.15) is 21.5 Å². The van der Waals surface area contributed by atoms with E-state index in [1.807, 2.05) is 6.07 Å². The molecule has 0 aliphatic carbocycles. The summed E-state index contributed by atoms with van der Waals surface area (Å²) in [4.78, 5) is 33.6. The molecule has 2 amide bonds. The highest BCUT2D eigenvalue weighted by Crippen LogP contribution is 2.10. The fraction of sp³-hybridized carbons (Fsp3) is 0.176. The second kappa shape index (κ2) is 8.78. The van der Waals surface area contributed by atoms with Gasteiger partial charge in [-0.1, -0.05) is 47.7 Å². The van der Waals surface area contributed by atoms with Gasteiger partial charge in [-0.2, -0.15) is 0 Å². The molecule has 0 saturated heterocycles. The predicted octanol–water partition coefficient (Wildman–Crippen LogP) is 1.87. The molecule has 0 unspecified atom stereocenters. The number of hydrogen-bond donors (Lipinski definition) is 2. The maximum absolute atomic E-state index is 12.2. The van der Waals surface area contributed by atoms with E-state index >= 15 is 0 Å². The van der Waals surface area contributed by atoms with E-state index in [0.717, 1.165) is 16.4 Å². The van der Waals surface area contributed by atoms with Crippen LogP contribution in [0.4, 0.5) is 0 Å². The van der Waals surface area contributed by atoms with Crippen LogP contribution in [-0.4, -0.2) is 29.4 Å². The fourth-order valence-corrected chi connectivity index (χ4v) is 1.99. The van der Waals surface area contributed by atoms with Crippen molar-refractivity contribution in [3.05, 3.63) is 71.3 Å². The summed E-state index contributed by atoms with van der Waals surface area (Å²) in [5, 5.41) is 9.32. The van der Waals surface area contributed by atoms with Crippen LogP contribution in [0.5, 0.6) is 0 Å². The molecule has 0 fully saturated rings. The summed E-state index contributed by atoms with van der Waals surface area (Å²) in [5.41, 5.74) is 3.57. The summed E-state index contributed by atoms with van der Waals surface area (Å²) in [5.74, 6) is -0.896. The molecule has 7 heteroatoms. The first-order chi connectivity index (χ1) is 11.6. The third kappa shape index (κ3) is 4.88. The molecule has 0 spiro atoms. The van der Waals surface area contributed by atoms with E-state index in [1.54, 1.807) is 54.0 Å². The van der Waals surface area contributed by atoms with E-state index < -0.39 is 11.8 Å². The molecule has 2 N–H and O–H groups in total. The van der Waals surface area contributed by atoms with E-state index in [9.17, 15) is 9.59 Å². The highest BCUT2D eigenvalue weighted by Gasteiger charge is 2.16. The highest BCUT2D eigenvalue weighted by molar-refractivity contribution is 5.92. The topological polar surface area (TPSA) is 88.1 Å². The zero-order chi connectivity index (χ0) is 17.4. The van der Waals surface area contributed by atoms with Gasteiger partial charge in [-0.3, -0.25) is 14.8 Å². The molecule has 0 aromatic heterocycles. The summed E-state index contributed by atoms with van der Waals surface area (Å²) in [6.45, 7) is 0.124. The summed E-state index contributed by atoms with van der Waals surface area (Å²) >= 11 is 0. The lowest BCUT2D eigenvalue weighted by Gasteiger charge is -2.18. The van der Waals surface area contributed by atoms with Crippen molar-refractivity contribution >= 4 is 11.8 Å². The molecule has 2 aromatic carbocycles. The molecule has 0 radical (unpaired) electrons. The molecule has 2 aromatic rings. The van der Waals surface area contributed by atoms with Crippen molar-refractivity contribution in [2.45, 2.75) is 13.0 Å². The number of hydroxylamine groups is 3. The van der Waals surface area contributed by atoms with Crippen LogP contribution in [0.15, 0.2) is 54.6 Å². The first-order valence-electron chi connectivity index (χ1n) is 7.21. The average Bonchev–Trinajstić information content (AvgIpc) is 2.64. The van der Waals surface area contributed by atoms with Crippen LogP contribution >= 0.6 is 0 Å². The van der Waals surface area contributed by atoms with Crippen molar-refractivity contribution in [1.29, 1.82) is 0 Å². The highest BCUT2D eigenvalue weighted by atomic mass is 16.9. The molecule has 0 atom stereocenters. The number of benzene rings is 2.